The molecule has 1 heterocycles. The number of rotatable bonds is 3. The van der Waals surface area contributed by atoms with Gasteiger partial charge in [-0.15, -0.1) is 0 Å². The molecule has 0 saturated heterocycles. The van der Waals surface area contributed by atoms with Crippen molar-refractivity contribution in [3.8, 4) is 11.3 Å². The standard InChI is InChI=1S/C21H14BrFN2O/c22-16-3-1-2-14(10-16)21(26)24-18-7-4-13(5-8-18)20-12-15-11-17(23)6-9-19(15)25-20/h1-12,25H,(H,24,26). The van der Waals surface area contributed by atoms with Crippen molar-refractivity contribution in [2.24, 2.45) is 0 Å². The number of carbonyl (C=O) groups is 1. The number of halogens is 2. The Morgan fingerprint density at radius 1 is 0.962 bits per heavy atom. The van der Waals surface area contributed by atoms with Gasteiger partial charge in [-0.05, 0) is 60.2 Å². The number of benzene rings is 3. The SMILES string of the molecule is O=C(Nc1ccc(-c2cc3cc(F)ccc3[nH]2)cc1)c1cccc(Br)c1. The van der Waals surface area contributed by atoms with Crippen LogP contribution in [-0.2, 0) is 0 Å². The average Bonchev–Trinajstić information content (AvgIpc) is 3.05. The highest BCUT2D eigenvalue weighted by Crippen LogP contribution is 2.26. The summed E-state index contributed by atoms with van der Waals surface area (Å²) in [6.07, 6.45) is 0. The highest BCUT2D eigenvalue weighted by molar-refractivity contribution is 9.10. The monoisotopic (exact) mass is 408 g/mol. The van der Waals surface area contributed by atoms with Gasteiger partial charge in [-0.2, -0.15) is 0 Å². The van der Waals surface area contributed by atoms with Crippen molar-refractivity contribution in [2.45, 2.75) is 0 Å². The van der Waals surface area contributed by atoms with E-state index in [4.69, 9.17) is 0 Å². The van der Waals surface area contributed by atoms with E-state index in [0.717, 1.165) is 26.6 Å². The zero-order valence-electron chi connectivity index (χ0n) is 13.6. The van der Waals surface area contributed by atoms with Crippen molar-refractivity contribution in [2.75, 3.05) is 5.32 Å². The molecule has 26 heavy (non-hydrogen) atoms. The number of nitrogens with one attached hydrogen (secondary N) is 2. The van der Waals surface area contributed by atoms with Gasteiger partial charge in [-0.3, -0.25) is 4.79 Å². The lowest BCUT2D eigenvalue weighted by Crippen LogP contribution is -2.11. The lowest BCUT2D eigenvalue weighted by atomic mass is 10.1. The molecule has 3 aromatic carbocycles. The number of fused-ring (bicyclic) bond motifs is 1. The molecule has 4 rings (SSSR count). The van der Waals surface area contributed by atoms with Gasteiger partial charge in [0.05, 0.1) is 0 Å². The number of carbonyl (C=O) groups excluding carboxylic acids is 1. The van der Waals surface area contributed by atoms with Crippen LogP contribution in [0.25, 0.3) is 22.2 Å². The summed E-state index contributed by atoms with van der Waals surface area (Å²) in [7, 11) is 0. The van der Waals surface area contributed by atoms with E-state index in [9.17, 15) is 9.18 Å². The minimum Gasteiger partial charge on any atom is -0.355 e. The van der Waals surface area contributed by atoms with Gasteiger partial charge in [-0.25, -0.2) is 4.39 Å². The number of hydrogen-bond acceptors (Lipinski definition) is 1. The summed E-state index contributed by atoms with van der Waals surface area (Å²) in [6.45, 7) is 0. The fourth-order valence-corrected chi connectivity index (χ4v) is 3.22. The highest BCUT2D eigenvalue weighted by Gasteiger charge is 2.08. The first-order valence-corrected chi connectivity index (χ1v) is 8.83. The van der Waals surface area contributed by atoms with Gasteiger partial charge in [0, 0.05) is 32.3 Å². The molecule has 4 aromatic rings. The molecule has 0 aliphatic carbocycles. The molecule has 1 aromatic heterocycles. The molecular formula is C21H14BrFN2O. The Labute approximate surface area is 158 Å². The molecule has 0 saturated carbocycles. The molecule has 0 aliphatic heterocycles. The summed E-state index contributed by atoms with van der Waals surface area (Å²) < 4.78 is 14.2. The first kappa shape index (κ1) is 16.5. The molecule has 0 spiro atoms. The normalized spacial score (nSPS) is 10.8. The van der Waals surface area contributed by atoms with Crippen LogP contribution in [-0.4, -0.2) is 10.9 Å². The van der Waals surface area contributed by atoms with E-state index in [-0.39, 0.29) is 11.7 Å². The Bertz CT molecular complexity index is 1100. The Hall–Kier alpha value is -2.92. The average molecular weight is 409 g/mol. The zero-order chi connectivity index (χ0) is 18.1. The van der Waals surface area contributed by atoms with E-state index in [1.54, 1.807) is 18.2 Å². The summed E-state index contributed by atoms with van der Waals surface area (Å²) in [6, 6.07) is 21.3. The first-order valence-electron chi connectivity index (χ1n) is 8.04. The predicted molar refractivity (Wildman–Crippen MR) is 106 cm³/mol. The molecular weight excluding hydrogens is 395 g/mol. The second kappa shape index (κ2) is 6.77. The molecule has 0 fully saturated rings. The quantitative estimate of drug-likeness (QED) is 0.429. The number of anilines is 1. The number of hydrogen-bond donors (Lipinski definition) is 2. The summed E-state index contributed by atoms with van der Waals surface area (Å²) >= 11 is 3.36. The fourth-order valence-electron chi connectivity index (χ4n) is 2.83. The highest BCUT2D eigenvalue weighted by atomic mass is 79.9. The topological polar surface area (TPSA) is 44.9 Å². The third kappa shape index (κ3) is 3.39. The Morgan fingerprint density at radius 3 is 2.54 bits per heavy atom. The molecule has 128 valence electrons. The molecule has 0 aliphatic rings. The lowest BCUT2D eigenvalue weighted by molar-refractivity contribution is 0.102. The predicted octanol–water partition coefficient (Wildman–Crippen LogP) is 5.99. The summed E-state index contributed by atoms with van der Waals surface area (Å²) in [4.78, 5) is 15.6. The minimum atomic E-state index is -0.256. The molecule has 0 radical (unpaired) electrons. The van der Waals surface area contributed by atoms with Crippen LogP contribution < -0.4 is 5.32 Å². The van der Waals surface area contributed by atoms with Crippen LogP contribution in [0.3, 0.4) is 0 Å². The van der Waals surface area contributed by atoms with E-state index in [1.807, 2.05) is 42.5 Å². The van der Waals surface area contributed by atoms with Gasteiger partial charge in [0.25, 0.3) is 5.91 Å². The van der Waals surface area contributed by atoms with Crippen LogP contribution in [0.5, 0.6) is 0 Å². The maximum absolute atomic E-state index is 13.3. The number of H-pyrrole nitrogens is 1. The van der Waals surface area contributed by atoms with Crippen LogP contribution in [0.2, 0.25) is 0 Å². The van der Waals surface area contributed by atoms with Gasteiger partial charge in [0.2, 0.25) is 0 Å². The second-order valence-corrected chi connectivity index (χ2v) is 6.87. The van der Waals surface area contributed by atoms with Crippen molar-refractivity contribution in [3.63, 3.8) is 0 Å². The van der Waals surface area contributed by atoms with Gasteiger partial charge < -0.3 is 10.3 Å². The van der Waals surface area contributed by atoms with Crippen LogP contribution in [0.15, 0.2) is 77.3 Å². The lowest BCUT2D eigenvalue weighted by Gasteiger charge is -2.06. The maximum atomic E-state index is 13.3. The minimum absolute atomic E-state index is 0.167. The number of aromatic nitrogens is 1. The number of aromatic amines is 1. The third-order valence-corrected chi connectivity index (χ3v) is 4.62. The van der Waals surface area contributed by atoms with Crippen molar-refractivity contribution in [1.82, 2.24) is 4.98 Å². The molecule has 2 N–H and O–H groups in total. The smallest absolute Gasteiger partial charge is 0.255 e. The van der Waals surface area contributed by atoms with Crippen LogP contribution >= 0.6 is 15.9 Å². The summed E-state index contributed by atoms with van der Waals surface area (Å²) in [5.74, 6) is -0.422. The van der Waals surface area contributed by atoms with Crippen LogP contribution in [0.1, 0.15) is 10.4 Å². The van der Waals surface area contributed by atoms with E-state index in [0.29, 0.717) is 11.3 Å². The van der Waals surface area contributed by atoms with Gasteiger partial charge >= 0.3 is 0 Å². The fraction of sp³-hybridized carbons (Fsp3) is 0. The Balaban J connectivity index is 1.55. The molecule has 0 bridgehead atoms. The zero-order valence-corrected chi connectivity index (χ0v) is 15.2. The van der Waals surface area contributed by atoms with Crippen molar-refractivity contribution < 1.29 is 9.18 Å². The maximum Gasteiger partial charge on any atom is 0.255 e. The van der Waals surface area contributed by atoms with Crippen molar-refractivity contribution >= 4 is 38.4 Å². The molecule has 1 amide bonds. The Morgan fingerprint density at radius 2 is 1.77 bits per heavy atom. The van der Waals surface area contributed by atoms with E-state index < -0.39 is 0 Å². The van der Waals surface area contributed by atoms with Crippen LogP contribution in [0.4, 0.5) is 10.1 Å². The van der Waals surface area contributed by atoms with Crippen molar-refractivity contribution in [3.05, 3.63) is 88.6 Å². The molecule has 0 atom stereocenters. The van der Waals surface area contributed by atoms with E-state index >= 15 is 0 Å². The first-order chi connectivity index (χ1) is 12.6. The number of amides is 1. The van der Waals surface area contributed by atoms with Gasteiger partial charge in [0.15, 0.2) is 0 Å². The van der Waals surface area contributed by atoms with E-state index in [2.05, 4.69) is 26.2 Å². The summed E-state index contributed by atoms with van der Waals surface area (Å²) in [5.41, 5.74) is 4.04. The second-order valence-electron chi connectivity index (χ2n) is 5.96. The molecule has 0 unspecified atom stereocenters. The Kier molecular flexibility index (Phi) is 4.31. The van der Waals surface area contributed by atoms with Gasteiger partial charge in [0.1, 0.15) is 5.82 Å². The van der Waals surface area contributed by atoms with Crippen molar-refractivity contribution in [1.29, 1.82) is 0 Å². The third-order valence-electron chi connectivity index (χ3n) is 4.12. The summed E-state index contributed by atoms with van der Waals surface area (Å²) in [5, 5.41) is 3.70. The molecule has 5 heteroatoms. The largest absolute Gasteiger partial charge is 0.355 e. The molecule has 3 nitrogen and oxygen atoms in total. The van der Waals surface area contributed by atoms with Crippen LogP contribution in [0, 0.1) is 5.82 Å². The van der Waals surface area contributed by atoms with Gasteiger partial charge in [-0.1, -0.05) is 34.1 Å². The van der Waals surface area contributed by atoms with E-state index in [1.165, 1.54) is 12.1 Å².